The molecule has 25 aromatic rings. The van der Waals surface area contributed by atoms with Gasteiger partial charge in [-0.1, -0.05) is 340 Å². The number of hydrogen-bond acceptors (Lipinski definition) is 2. The molecule has 25 rings (SSSR count). The number of para-hydroxylation sites is 4. The fourth-order valence-corrected chi connectivity index (χ4v) is 20.0. The maximum atomic E-state index is 2.40. The van der Waals surface area contributed by atoms with Gasteiger partial charge >= 0.3 is 0 Å². The van der Waals surface area contributed by atoms with E-state index in [4.69, 9.17) is 0 Å². The molecule has 0 saturated carbocycles. The van der Waals surface area contributed by atoms with Crippen LogP contribution in [-0.4, -0.2) is 9.13 Å². The molecule has 0 amide bonds. The van der Waals surface area contributed by atoms with Crippen molar-refractivity contribution in [3.05, 3.63) is 497 Å². The van der Waals surface area contributed by atoms with Crippen molar-refractivity contribution in [2.24, 2.45) is 0 Å². The molecule has 0 atom stereocenters. The van der Waals surface area contributed by atoms with E-state index >= 15 is 0 Å². The van der Waals surface area contributed by atoms with Crippen LogP contribution in [0, 0.1) is 0 Å². The van der Waals surface area contributed by atoms with Gasteiger partial charge in [-0.2, -0.15) is 0 Å². The van der Waals surface area contributed by atoms with Gasteiger partial charge in [-0.15, -0.1) is 0 Å². The highest BCUT2D eigenvalue weighted by molar-refractivity contribution is 6.27. The zero-order chi connectivity index (χ0) is 84.5. The van der Waals surface area contributed by atoms with Gasteiger partial charge in [0.15, 0.2) is 0 Å². The highest BCUT2D eigenvalue weighted by Gasteiger charge is 2.22. The topological polar surface area (TPSA) is 16.3 Å². The molecule has 0 radical (unpaired) electrons. The summed E-state index contributed by atoms with van der Waals surface area (Å²) in [5.74, 6) is 0. The van der Waals surface area contributed by atoms with Crippen LogP contribution in [0.5, 0.6) is 0 Å². The van der Waals surface area contributed by atoms with Gasteiger partial charge in [0, 0.05) is 67.0 Å². The third kappa shape index (κ3) is 13.3. The number of hydrogen-bond donors (Lipinski definition) is 0. The van der Waals surface area contributed by atoms with E-state index in [0.717, 1.165) is 45.5 Å². The Hall–Kier alpha value is -16.9. The number of nitrogens with zero attached hydrogens (tertiary/aromatic N) is 4. The fraction of sp³-hybridized carbons (Fsp3) is 0. The minimum Gasteiger partial charge on any atom is -0.311 e. The first-order valence-corrected chi connectivity index (χ1v) is 44.1. The van der Waals surface area contributed by atoms with Crippen LogP contribution in [0.15, 0.2) is 497 Å². The van der Waals surface area contributed by atoms with E-state index in [2.05, 4.69) is 516 Å². The van der Waals surface area contributed by atoms with Gasteiger partial charge < -0.3 is 18.9 Å². The van der Waals surface area contributed by atoms with Crippen molar-refractivity contribution in [3.63, 3.8) is 0 Å². The first-order valence-electron chi connectivity index (χ1n) is 44.1. The summed E-state index contributed by atoms with van der Waals surface area (Å²) < 4.78 is 4.79. The van der Waals surface area contributed by atoms with Crippen molar-refractivity contribution in [2.45, 2.75) is 0 Å². The van der Waals surface area contributed by atoms with Crippen LogP contribution in [0.1, 0.15) is 0 Å². The lowest BCUT2D eigenvalue weighted by Gasteiger charge is -2.26. The Morgan fingerprint density at radius 2 is 0.344 bits per heavy atom. The van der Waals surface area contributed by atoms with Crippen LogP contribution < -0.4 is 9.80 Å². The van der Waals surface area contributed by atoms with Gasteiger partial charge in [-0.25, -0.2) is 0 Å². The number of benzene rings is 23. The van der Waals surface area contributed by atoms with Gasteiger partial charge in [0.2, 0.25) is 0 Å². The van der Waals surface area contributed by atoms with Crippen LogP contribution in [0.3, 0.4) is 0 Å². The Labute approximate surface area is 742 Å². The first-order chi connectivity index (χ1) is 63.5. The van der Waals surface area contributed by atoms with Gasteiger partial charge in [0.05, 0.1) is 22.1 Å². The van der Waals surface area contributed by atoms with E-state index in [9.17, 15) is 0 Å². The summed E-state index contributed by atoms with van der Waals surface area (Å²) >= 11 is 0. The molecular formula is C124H82N4. The number of rotatable bonds is 14. The third-order valence-electron chi connectivity index (χ3n) is 26.1. The average Bonchev–Trinajstić information content (AvgIpc) is 1.48. The first kappa shape index (κ1) is 74.9. The van der Waals surface area contributed by atoms with Crippen molar-refractivity contribution >= 4 is 153 Å². The summed E-state index contributed by atoms with van der Waals surface area (Å²) in [5, 5.41) is 22.9. The second-order valence-corrected chi connectivity index (χ2v) is 33.4. The summed E-state index contributed by atoms with van der Waals surface area (Å²) in [5.41, 5.74) is 28.1. The summed E-state index contributed by atoms with van der Waals surface area (Å²) in [7, 11) is 0. The van der Waals surface area contributed by atoms with Crippen LogP contribution >= 0.6 is 0 Å². The zero-order valence-corrected chi connectivity index (χ0v) is 70.1. The molecular weight excluding hydrogens is 1550 g/mol. The van der Waals surface area contributed by atoms with Crippen LogP contribution in [0.4, 0.5) is 34.1 Å². The Bertz CT molecular complexity index is 8480. The molecule has 128 heavy (non-hydrogen) atoms. The summed E-state index contributed by atoms with van der Waals surface area (Å²) in [4.78, 5) is 4.69. The molecule has 2 heterocycles. The molecule has 4 heteroatoms. The molecule has 0 aliphatic rings. The second kappa shape index (κ2) is 31.8. The van der Waals surface area contributed by atoms with E-state index in [1.165, 1.54) is 186 Å². The van der Waals surface area contributed by atoms with Gasteiger partial charge in [0.25, 0.3) is 0 Å². The fourth-order valence-electron chi connectivity index (χ4n) is 20.0. The zero-order valence-electron chi connectivity index (χ0n) is 70.1. The van der Waals surface area contributed by atoms with Gasteiger partial charge in [-0.05, 0) is 300 Å². The quantitative estimate of drug-likeness (QED) is 0.101. The molecule has 23 aromatic carbocycles. The molecule has 0 fully saturated rings. The van der Waals surface area contributed by atoms with Crippen molar-refractivity contribution < 1.29 is 0 Å². The molecule has 0 spiro atoms. The van der Waals surface area contributed by atoms with Gasteiger partial charge in [0.1, 0.15) is 0 Å². The minimum atomic E-state index is 1.10. The molecule has 0 saturated heterocycles. The molecule has 4 nitrogen and oxygen atoms in total. The lowest BCUT2D eigenvalue weighted by Crippen LogP contribution is -2.09. The molecule has 2 aromatic heterocycles. The van der Waals surface area contributed by atoms with Gasteiger partial charge in [-0.3, -0.25) is 0 Å². The standard InChI is InChI=1S/C64H42N2.C60H40N2/c1-3-16-49(17-4-1)65(51-33-26-43(27-34-51)46-30-37-59-57-23-10-9-21-55(57)56-22-11-12-24-58(56)60(59)40-46)52-35-28-44(29-36-52)47-31-38-63-61(41-47)62-42-48(54-25-13-15-45-14-7-8-20-53(45)54)32-39-64(62)66(63)50-18-5-2-6-19-50;1-4-14-41(15-5-1)45-29-36-59-57(39-45)58-40-46(30-37-60(58)62(59)48-18-8-3-9-19-48)43-26-33-50(34-27-43)61(47-16-6-2-7-17-47)49-31-24-42(25-32-49)44-28-35-55-53-22-11-10-20-51(53)52-21-12-13-23-54(52)56(55)38-44/h1-42H;1-40H. The van der Waals surface area contributed by atoms with Crippen molar-refractivity contribution in [2.75, 3.05) is 9.80 Å². The third-order valence-corrected chi connectivity index (χ3v) is 26.1. The van der Waals surface area contributed by atoms with E-state index in [1.54, 1.807) is 0 Å². The van der Waals surface area contributed by atoms with Crippen molar-refractivity contribution in [3.8, 4) is 78.1 Å². The maximum absolute atomic E-state index is 2.40. The monoisotopic (exact) mass is 1630 g/mol. The molecule has 0 aliphatic heterocycles. The Balaban J connectivity index is 0.000000143. The van der Waals surface area contributed by atoms with Crippen LogP contribution in [0.2, 0.25) is 0 Å². The molecule has 598 valence electrons. The highest BCUT2D eigenvalue weighted by atomic mass is 15.1. The number of aromatic nitrogens is 2. The van der Waals surface area contributed by atoms with Crippen molar-refractivity contribution in [1.82, 2.24) is 9.13 Å². The lowest BCUT2D eigenvalue weighted by atomic mass is 9.92. The van der Waals surface area contributed by atoms with E-state index in [-0.39, 0.29) is 0 Å². The van der Waals surface area contributed by atoms with E-state index < -0.39 is 0 Å². The maximum Gasteiger partial charge on any atom is 0.0541 e. The summed E-state index contributed by atoms with van der Waals surface area (Å²) in [6, 6.07) is 181. The van der Waals surface area contributed by atoms with Crippen LogP contribution in [-0.2, 0) is 0 Å². The summed E-state index contributed by atoms with van der Waals surface area (Å²) in [6.07, 6.45) is 0. The Kier molecular flexibility index (Phi) is 18.6. The molecule has 0 unspecified atom stereocenters. The highest BCUT2D eigenvalue weighted by Crippen LogP contribution is 2.47. The van der Waals surface area contributed by atoms with Crippen molar-refractivity contribution in [1.29, 1.82) is 0 Å². The Morgan fingerprint density at radius 1 is 0.125 bits per heavy atom. The smallest absolute Gasteiger partial charge is 0.0541 e. The minimum absolute atomic E-state index is 1.10. The second-order valence-electron chi connectivity index (χ2n) is 33.4. The predicted octanol–water partition coefficient (Wildman–Crippen LogP) is 34.6. The molecule has 0 N–H and O–H groups in total. The Morgan fingerprint density at radius 3 is 0.680 bits per heavy atom. The lowest BCUT2D eigenvalue weighted by molar-refractivity contribution is 1.18. The van der Waals surface area contributed by atoms with E-state index in [1.807, 2.05) is 0 Å². The SMILES string of the molecule is c1ccc(-c2ccc3c(c2)c2cc(-c4ccc(N(c5ccccc5)c5ccc(-c6ccc7c8ccccc8c8ccccc8c7c6)cc5)cc4)ccc2n3-c2ccccc2)cc1.c1ccc(N(c2ccc(-c3ccc4c5ccccc5c5ccccc5c4c3)cc2)c2ccc(-c3ccc4c(c3)c3cc(-c5cccc6ccccc56)ccc3n4-c3ccccc3)cc2)cc1. The van der Waals surface area contributed by atoms with Crippen LogP contribution in [0.25, 0.3) is 197 Å². The van der Waals surface area contributed by atoms with E-state index in [0.29, 0.717) is 0 Å². The molecule has 0 aliphatic carbocycles. The largest absolute Gasteiger partial charge is 0.311 e. The normalized spacial score (nSPS) is 11.6. The molecule has 0 bridgehead atoms. The number of anilines is 6. The summed E-state index contributed by atoms with van der Waals surface area (Å²) in [6.45, 7) is 0. The number of fused-ring (bicyclic) bond motifs is 19. The predicted molar refractivity (Wildman–Crippen MR) is 546 cm³/mol. The average molecular weight is 1630 g/mol.